The molecule has 108 valence electrons. The Morgan fingerprint density at radius 2 is 1.95 bits per heavy atom. The molecular formula is C16H23N3O. The van der Waals surface area contributed by atoms with Gasteiger partial charge in [0.2, 0.25) is 0 Å². The smallest absolute Gasteiger partial charge is 0.191 e. The first-order valence-corrected chi connectivity index (χ1v) is 7.21. The molecule has 1 aliphatic rings. The molecule has 0 radical (unpaired) electrons. The number of aliphatic hydroxyl groups is 1. The number of nitrogens with one attached hydrogen (secondary N) is 2. The van der Waals surface area contributed by atoms with E-state index in [4.69, 9.17) is 0 Å². The standard InChI is InChI=1S/C16H23N3O/c1-2-17-16(19-15-9-5-6-10-15)18-11-13-7-3-4-8-14(13)12-20/h3-8,15,20H,2,9-12H2,1H3,(H2,17,18,19). The van der Waals surface area contributed by atoms with Crippen LogP contribution in [-0.2, 0) is 13.2 Å². The van der Waals surface area contributed by atoms with Gasteiger partial charge in [0.15, 0.2) is 5.96 Å². The van der Waals surface area contributed by atoms with Crippen LogP contribution >= 0.6 is 0 Å². The zero-order valence-corrected chi connectivity index (χ0v) is 12.0. The highest BCUT2D eigenvalue weighted by Crippen LogP contribution is 2.11. The average molecular weight is 273 g/mol. The predicted octanol–water partition coefficient (Wildman–Crippen LogP) is 1.95. The normalized spacial score (nSPS) is 15.6. The average Bonchev–Trinajstić information content (AvgIpc) is 2.98. The molecule has 0 saturated heterocycles. The molecular weight excluding hydrogens is 250 g/mol. The lowest BCUT2D eigenvalue weighted by molar-refractivity contribution is 0.280. The number of guanidine groups is 1. The fourth-order valence-corrected chi connectivity index (χ4v) is 2.28. The Kier molecular flexibility index (Phi) is 5.62. The van der Waals surface area contributed by atoms with E-state index in [1.165, 1.54) is 0 Å². The van der Waals surface area contributed by atoms with Crippen LogP contribution in [0.2, 0.25) is 0 Å². The van der Waals surface area contributed by atoms with Crippen molar-refractivity contribution in [1.29, 1.82) is 0 Å². The van der Waals surface area contributed by atoms with E-state index in [0.717, 1.165) is 36.5 Å². The molecule has 0 atom stereocenters. The van der Waals surface area contributed by atoms with Gasteiger partial charge in [-0.2, -0.15) is 0 Å². The largest absolute Gasteiger partial charge is 0.392 e. The second kappa shape index (κ2) is 7.70. The summed E-state index contributed by atoms with van der Waals surface area (Å²) in [4.78, 5) is 4.61. The fourth-order valence-electron chi connectivity index (χ4n) is 2.28. The molecule has 3 N–H and O–H groups in total. The van der Waals surface area contributed by atoms with Crippen LogP contribution in [0.4, 0.5) is 0 Å². The first kappa shape index (κ1) is 14.6. The minimum absolute atomic E-state index is 0.0577. The maximum Gasteiger partial charge on any atom is 0.191 e. The highest BCUT2D eigenvalue weighted by molar-refractivity contribution is 5.80. The first-order valence-electron chi connectivity index (χ1n) is 7.21. The van der Waals surface area contributed by atoms with Crippen molar-refractivity contribution in [2.24, 2.45) is 4.99 Å². The summed E-state index contributed by atoms with van der Waals surface area (Å²) < 4.78 is 0. The summed E-state index contributed by atoms with van der Waals surface area (Å²) in [6, 6.07) is 8.31. The maximum absolute atomic E-state index is 9.33. The molecule has 0 fully saturated rings. The van der Waals surface area contributed by atoms with Gasteiger partial charge < -0.3 is 15.7 Å². The van der Waals surface area contributed by atoms with E-state index in [-0.39, 0.29) is 6.61 Å². The second-order valence-corrected chi connectivity index (χ2v) is 4.91. The van der Waals surface area contributed by atoms with Gasteiger partial charge >= 0.3 is 0 Å². The van der Waals surface area contributed by atoms with Crippen molar-refractivity contribution in [3.63, 3.8) is 0 Å². The van der Waals surface area contributed by atoms with Gasteiger partial charge in [-0.15, -0.1) is 0 Å². The zero-order valence-electron chi connectivity index (χ0n) is 12.0. The van der Waals surface area contributed by atoms with E-state index < -0.39 is 0 Å². The van der Waals surface area contributed by atoms with Gasteiger partial charge in [-0.05, 0) is 30.9 Å². The van der Waals surface area contributed by atoms with Gasteiger partial charge in [0.1, 0.15) is 0 Å². The molecule has 0 aromatic heterocycles. The van der Waals surface area contributed by atoms with E-state index in [9.17, 15) is 5.11 Å². The Bertz CT molecular complexity index is 474. The summed E-state index contributed by atoms with van der Waals surface area (Å²) in [6.07, 6.45) is 6.50. The van der Waals surface area contributed by atoms with E-state index in [1.54, 1.807) is 0 Å². The van der Waals surface area contributed by atoms with Crippen molar-refractivity contribution in [3.05, 3.63) is 47.5 Å². The van der Waals surface area contributed by atoms with Crippen molar-refractivity contribution in [2.45, 2.75) is 39.0 Å². The third-order valence-corrected chi connectivity index (χ3v) is 3.39. The minimum Gasteiger partial charge on any atom is -0.392 e. The lowest BCUT2D eigenvalue weighted by Crippen LogP contribution is -2.42. The van der Waals surface area contributed by atoms with Crippen molar-refractivity contribution < 1.29 is 5.11 Å². The van der Waals surface area contributed by atoms with Crippen LogP contribution in [0.15, 0.2) is 41.4 Å². The lowest BCUT2D eigenvalue weighted by atomic mass is 10.1. The van der Waals surface area contributed by atoms with Crippen LogP contribution in [0.5, 0.6) is 0 Å². The van der Waals surface area contributed by atoms with Crippen LogP contribution < -0.4 is 10.6 Å². The van der Waals surface area contributed by atoms with E-state index in [1.807, 2.05) is 24.3 Å². The Hall–Kier alpha value is -1.81. The van der Waals surface area contributed by atoms with Crippen molar-refractivity contribution in [3.8, 4) is 0 Å². The maximum atomic E-state index is 9.33. The molecule has 0 amide bonds. The molecule has 1 aromatic rings. The molecule has 2 rings (SSSR count). The monoisotopic (exact) mass is 273 g/mol. The van der Waals surface area contributed by atoms with Gasteiger partial charge in [0.25, 0.3) is 0 Å². The molecule has 4 nitrogen and oxygen atoms in total. The van der Waals surface area contributed by atoms with Crippen LogP contribution in [0.25, 0.3) is 0 Å². The molecule has 0 unspecified atom stereocenters. The third kappa shape index (κ3) is 4.10. The SMILES string of the molecule is CCNC(=NCc1ccccc1CO)NC1CC=CC1. The van der Waals surface area contributed by atoms with Crippen molar-refractivity contribution in [2.75, 3.05) is 6.54 Å². The molecule has 0 bridgehead atoms. The van der Waals surface area contributed by atoms with Crippen LogP contribution in [0.3, 0.4) is 0 Å². The minimum atomic E-state index is 0.0577. The van der Waals surface area contributed by atoms with E-state index in [0.29, 0.717) is 12.6 Å². The van der Waals surface area contributed by atoms with Gasteiger partial charge in [-0.25, -0.2) is 4.99 Å². The summed E-state index contributed by atoms with van der Waals surface area (Å²) in [5.41, 5.74) is 2.01. The highest BCUT2D eigenvalue weighted by Gasteiger charge is 2.11. The summed E-state index contributed by atoms with van der Waals surface area (Å²) >= 11 is 0. The van der Waals surface area contributed by atoms with Gasteiger partial charge in [-0.1, -0.05) is 36.4 Å². The topological polar surface area (TPSA) is 56.7 Å². The molecule has 1 aliphatic carbocycles. The Labute approximate surface area is 120 Å². The third-order valence-electron chi connectivity index (χ3n) is 3.39. The highest BCUT2D eigenvalue weighted by atomic mass is 16.3. The van der Waals surface area contributed by atoms with Gasteiger partial charge in [0.05, 0.1) is 13.2 Å². The lowest BCUT2D eigenvalue weighted by Gasteiger charge is -2.17. The van der Waals surface area contributed by atoms with Crippen molar-refractivity contribution in [1.82, 2.24) is 10.6 Å². The molecule has 1 aromatic carbocycles. The zero-order chi connectivity index (χ0) is 14.2. The number of hydrogen-bond donors (Lipinski definition) is 3. The number of nitrogens with zero attached hydrogens (tertiary/aromatic N) is 1. The summed E-state index contributed by atoms with van der Waals surface area (Å²) in [5.74, 6) is 0.842. The van der Waals surface area contributed by atoms with E-state index >= 15 is 0 Å². The van der Waals surface area contributed by atoms with Crippen LogP contribution in [-0.4, -0.2) is 23.7 Å². The van der Waals surface area contributed by atoms with E-state index in [2.05, 4.69) is 34.7 Å². The van der Waals surface area contributed by atoms with Crippen molar-refractivity contribution >= 4 is 5.96 Å². The second-order valence-electron chi connectivity index (χ2n) is 4.91. The number of aliphatic imine (C=N–C) groups is 1. The van der Waals surface area contributed by atoms with Crippen LogP contribution in [0, 0.1) is 0 Å². The molecule has 0 heterocycles. The Morgan fingerprint density at radius 1 is 1.25 bits per heavy atom. The van der Waals surface area contributed by atoms with Crippen LogP contribution in [0.1, 0.15) is 30.9 Å². The predicted molar refractivity (Wildman–Crippen MR) is 82.5 cm³/mol. The first-order chi connectivity index (χ1) is 9.83. The molecule has 0 saturated carbocycles. The quantitative estimate of drug-likeness (QED) is 0.437. The van der Waals surface area contributed by atoms with Gasteiger partial charge in [0, 0.05) is 12.6 Å². The number of rotatable bonds is 5. The number of aliphatic hydroxyl groups excluding tert-OH is 1. The Morgan fingerprint density at radius 3 is 2.60 bits per heavy atom. The summed E-state index contributed by atoms with van der Waals surface area (Å²) in [6.45, 7) is 3.54. The number of hydrogen-bond acceptors (Lipinski definition) is 2. The summed E-state index contributed by atoms with van der Waals surface area (Å²) in [5, 5.41) is 16.0. The summed E-state index contributed by atoms with van der Waals surface area (Å²) in [7, 11) is 0. The fraction of sp³-hybridized carbons (Fsp3) is 0.438. The molecule has 0 spiro atoms. The molecule has 0 aliphatic heterocycles. The molecule has 20 heavy (non-hydrogen) atoms. The number of benzene rings is 1. The van der Waals surface area contributed by atoms with Gasteiger partial charge in [-0.3, -0.25) is 0 Å². The molecule has 4 heteroatoms. The Balaban J connectivity index is 2.00.